The number of hydrogen-bond donors (Lipinski definition) is 1. The van der Waals surface area contributed by atoms with E-state index < -0.39 is 11.9 Å². The zero-order valence-corrected chi connectivity index (χ0v) is 12.9. The molecule has 0 aliphatic heterocycles. The second-order valence-electron chi connectivity index (χ2n) is 5.98. The Morgan fingerprint density at radius 1 is 1.33 bits per heavy atom. The van der Waals surface area contributed by atoms with Crippen molar-refractivity contribution in [2.45, 2.75) is 40.2 Å². The number of primary amides is 1. The third kappa shape index (κ3) is 2.96. The van der Waals surface area contributed by atoms with Gasteiger partial charge in [-0.05, 0) is 43.4 Å². The topological polar surface area (TPSA) is 78.0 Å². The molecule has 0 radical (unpaired) electrons. The fourth-order valence-corrected chi connectivity index (χ4v) is 2.64. The van der Waals surface area contributed by atoms with Gasteiger partial charge in [-0.2, -0.15) is 0 Å². The molecule has 5 heteroatoms. The van der Waals surface area contributed by atoms with Gasteiger partial charge in [0.25, 0.3) is 5.56 Å². The lowest BCUT2D eigenvalue weighted by molar-refractivity contribution is -0.121. The third-order valence-corrected chi connectivity index (χ3v) is 3.58. The predicted octanol–water partition coefficient (Wildman–Crippen LogP) is 2.09. The van der Waals surface area contributed by atoms with Crippen LogP contribution < -0.4 is 11.3 Å². The minimum Gasteiger partial charge on any atom is -0.368 e. The second-order valence-corrected chi connectivity index (χ2v) is 5.98. The van der Waals surface area contributed by atoms with Crippen LogP contribution in [0.15, 0.2) is 23.3 Å². The number of rotatable bonds is 4. The summed E-state index contributed by atoms with van der Waals surface area (Å²) in [7, 11) is 0. The average Bonchev–Trinajstić information content (AvgIpc) is 2.37. The van der Waals surface area contributed by atoms with E-state index in [0.29, 0.717) is 17.3 Å². The van der Waals surface area contributed by atoms with Gasteiger partial charge >= 0.3 is 0 Å². The van der Waals surface area contributed by atoms with Crippen molar-refractivity contribution in [3.8, 4) is 0 Å². The van der Waals surface area contributed by atoms with E-state index in [1.54, 1.807) is 0 Å². The molecule has 1 unspecified atom stereocenters. The molecule has 5 nitrogen and oxygen atoms in total. The van der Waals surface area contributed by atoms with E-state index in [4.69, 9.17) is 5.73 Å². The first-order valence-electron chi connectivity index (χ1n) is 7.08. The molecule has 0 saturated carbocycles. The molecule has 2 aromatic rings. The first-order chi connectivity index (χ1) is 9.81. The number of nitrogens with two attached hydrogens (primary N) is 1. The summed E-state index contributed by atoms with van der Waals surface area (Å²) in [6, 6.07) is 3.13. The molecule has 0 fully saturated rings. The van der Waals surface area contributed by atoms with Crippen molar-refractivity contribution in [1.29, 1.82) is 0 Å². The van der Waals surface area contributed by atoms with Crippen LogP contribution in [0.25, 0.3) is 10.9 Å². The number of amides is 1. The van der Waals surface area contributed by atoms with Crippen molar-refractivity contribution in [3.63, 3.8) is 0 Å². The van der Waals surface area contributed by atoms with Crippen molar-refractivity contribution < 1.29 is 4.79 Å². The molecule has 1 aromatic carbocycles. The molecule has 21 heavy (non-hydrogen) atoms. The van der Waals surface area contributed by atoms with Gasteiger partial charge in [0.1, 0.15) is 6.04 Å². The molecule has 2 N–H and O–H groups in total. The van der Waals surface area contributed by atoms with E-state index in [-0.39, 0.29) is 11.5 Å². The average molecular weight is 287 g/mol. The van der Waals surface area contributed by atoms with Gasteiger partial charge in [0.2, 0.25) is 5.91 Å². The van der Waals surface area contributed by atoms with Crippen LogP contribution in [0.3, 0.4) is 0 Å². The van der Waals surface area contributed by atoms with Crippen molar-refractivity contribution in [2.75, 3.05) is 0 Å². The summed E-state index contributed by atoms with van der Waals surface area (Å²) in [5.74, 6) is -0.249. The molecule has 0 aliphatic rings. The molecule has 2 rings (SSSR count). The summed E-state index contributed by atoms with van der Waals surface area (Å²) in [6.07, 6.45) is 1.96. The van der Waals surface area contributed by atoms with Crippen molar-refractivity contribution in [1.82, 2.24) is 9.55 Å². The van der Waals surface area contributed by atoms with Crippen LogP contribution in [0.2, 0.25) is 0 Å². The number of carbonyl (C=O) groups excluding carboxylic acids is 1. The van der Waals surface area contributed by atoms with Crippen molar-refractivity contribution in [3.05, 3.63) is 39.9 Å². The highest BCUT2D eigenvalue weighted by Gasteiger charge is 2.21. The zero-order valence-electron chi connectivity index (χ0n) is 12.9. The van der Waals surface area contributed by atoms with Crippen LogP contribution in [0, 0.1) is 19.8 Å². The van der Waals surface area contributed by atoms with Crippen LogP contribution >= 0.6 is 0 Å². The lowest BCUT2D eigenvalue weighted by Gasteiger charge is -2.18. The maximum atomic E-state index is 12.7. The first-order valence-corrected chi connectivity index (χ1v) is 7.08. The van der Waals surface area contributed by atoms with Gasteiger partial charge in [-0.25, -0.2) is 4.98 Å². The number of nitrogens with zero attached hydrogens (tertiary/aromatic N) is 2. The lowest BCUT2D eigenvalue weighted by Crippen LogP contribution is -2.35. The van der Waals surface area contributed by atoms with E-state index in [2.05, 4.69) is 4.98 Å². The summed E-state index contributed by atoms with van der Waals surface area (Å²) in [4.78, 5) is 28.7. The summed E-state index contributed by atoms with van der Waals surface area (Å²) < 4.78 is 1.36. The maximum Gasteiger partial charge on any atom is 0.261 e. The molecule has 1 aromatic heterocycles. The van der Waals surface area contributed by atoms with Crippen LogP contribution in [0.4, 0.5) is 0 Å². The molecular formula is C16H21N3O2. The summed E-state index contributed by atoms with van der Waals surface area (Å²) in [6.45, 7) is 7.84. The van der Waals surface area contributed by atoms with E-state index in [0.717, 1.165) is 11.1 Å². The van der Waals surface area contributed by atoms with Crippen molar-refractivity contribution in [2.24, 2.45) is 11.7 Å². The largest absolute Gasteiger partial charge is 0.368 e. The Hall–Kier alpha value is -2.17. The van der Waals surface area contributed by atoms with Gasteiger partial charge in [0.05, 0.1) is 17.2 Å². The Morgan fingerprint density at radius 3 is 2.57 bits per heavy atom. The summed E-state index contributed by atoms with van der Waals surface area (Å²) in [5, 5.41) is 0.532. The highest BCUT2D eigenvalue weighted by atomic mass is 16.2. The zero-order chi connectivity index (χ0) is 15.7. The summed E-state index contributed by atoms with van der Waals surface area (Å²) >= 11 is 0. The number of fused-ring (bicyclic) bond motifs is 1. The fourth-order valence-electron chi connectivity index (χ4n) is 2.64. The van der Waals surface area contributed by atoms with Crippen LogP contribution in [-0.4, -0.2) is 15.5 Å². The first kappa shape index (κ1) is 15.2. The molecule has 0 spiro atoms. The van der Waals surface area contributed by atoms with E-state index in [9.17, 15) is 9.59 Å². The third-order valence-electron chi connectivity index (χ3n) is 3.58. The number of hydrogen-bond acceptors (Lipinski definition) is 3. The van der Waals surface area contributed by atoms with Gasteiger partial charge in [0, 0.05) is 0 Å². The number of aromatic nitrogens is 2. The normalized spacial score (nSPS) is 12.8. The van der Waals surface area contributed by atoms with Gasteiger partial charge in [0.15, 0.2) is 0 Å². The van der Waals surface area contributed by atoms with Gasteiger partial charge in [-0.1, -0.05) is 19.9 Å². The highest BCUT2D eigenvalue weighted by Crippen LogP contribution is 2.19. The maximum absolute atomic E-state index is 12.7. The summed E-state index contributed by atoms with van der Waals surface area (Å²) in [5.41, 5.74) is 7.88. The number of aryl methyl sites for hydroxylation is 2. The molecule has 0 aliphatic carbocycles. The molecular weight excluding hydrogens is 266 g/mol. The van der Waals surface area contributed by atoms with Crippen LogP contribution in [0.1, 0.15) is 37.4 Å². The minimum atomic E-state index is -0.657. The molecule has 1 heterocycles. The van der Waals surface area contributed by atoms with Crippen molar-refractivity contribution >= 4 is 16.8 Å². The van der Waals surface area contributed by atoms with Gasteiger partial charge in [-0.15, -0.1) is 0 Å². The lowest BCUT2D eigenvalue weighted by atomic mass is 10.0. The standard InChI is InChI=1S/C16H21N3O2/c1-9(2)5-13(15(17)20)19-8-18-14-11(4)6-10(3)7-12(14)16(19)21/h6-9,13H,5H2,1-4H3,(H2,17,20). The minimum absolute atomic E-state index is 0.212. The van der Waals surface area contributed by atoms with Gasteiger partial charge in [-0.3, -0.25) is 14.2 Å². The van der Waals surface area contributed by atoms with Crippen LogP contribution in [-0.2, 0) is 4.79 Å². The van der Waals surface area contributed by atoms with Crippen LogP contribution in [0.5, 0.6) is 0 Å². The quantitative estimate of drug-likeness (QED) is 0.935. The van der Waals surface area contributed by atoms with E-state index >= 15 is 0 Å². The van der Waals surface area contributed by atoms with Gasteiger partial charge < -0.3 is 5.73 Å². The molecule has 0 bridgehead atoms. The monoisotopic (exact) mass is 287 g/mol. The fraction of sp³-hybridized carbons (Fsp3) is 0.438. The molecule has 1 amide bonds. The molecule has 1 atom stereocenters. The number of benzene rings is 1. The van der Waals surface area contributed by atoms with E-state index in [1.807, 2.05) is 39.8 Å². The Balaban J connectivity index is 2.68. The molecule has 0 saturated heterocycles. The predicted molar refractivity (Wildman–Crippen MR) is 83.2 cm³/mol. The Morgan fingerprint density at radius 2 is 2.00 bits per heavy atom. The smallest absolute Gasteiger partial charge is 0.261 e. The highest BCUT2D eigenvalue weighted by molar-refractivity contribution is 5.82. The SMILES string of the molecule is Cc1cc(C)c2ncn(C(CC(C)C)C(N)=O)c(=O)c2c1. The second kappa shape index (κ2) is 5.68. The molecule has 112 valence electrons. The Labute approximate surface area is 123 Å². The van der Waals surface area contributed by atoms with E-state index in [1.165, 1.54) is 10.9 Å². The number of carbonyl (C=O) groups is 1. The Bertz CT molecular complexity index is 747. The Kier molecular flexibility index (Phi) is 4.11.